The highest BCUT2D eigenvalue weighted by Crippen LogP contribution is 2.31. The van der Waals surface area contributed by atoms with Crippen molar-refractivity contribution < 1.29 is 0 Å². The topological polar surface area (TPSA) is 82.1 Å². The second kappa shape index (κ2) is 4.85. The van der Waals surface area contributed by atoms with Gasteiger partial charge in [0.15, 0.2) is 5.82 Å². The van der Waals surface area contributed by atoms with Gasteiger partial charge >= 0.3 is 0 Å². The third-order valence-corrected chi connectivity index (χ3v) is 2.73. The van der Waals surface area contributed by atoms with E-state index in [0.29, 0.717) is 11.6 Å². The SMILES string of the molecule is Cc1[nH]nc(N=Nc2ccn[nH]2)c1-c1ccccc1. The predicted octanol–water partition coefficient (Wildman–Crippen LogP) is 3.52. The van der Waals surface area contributed by atoms with Crippen LogP contribution in [0.15, 0.2) is 52.8 Å². The standard InChI is InChI=1S/C13H12N6/c1-9-12(10-5-3-2-4-6-10)13(18-15-9)19-17-11-7-8-14-16-11/h2-8H,1H3,(H,14,16)(H,15,18). The van der Waals surface area contributed by atoms with Gasteiger partial charge in [0.05, 0.1) is 11.8 Å². The molecule has 0 unspecified atom stereocenters. The van der Waals surface area contributed by atoms with E-state index in [-0.39, 0.29) is 0 Å². The van der Waals surface area contributed by atoms with E-state index in [9.17, 15) is 0 Å². The van der Waals surface area contributed by atoms with Crippen molar-refractivity contribution >= 4 is 11.6 Å². The zero-order valence-electron chi connectivity index (χ0n) is 10.3. The maximum Gasteiger partial charge on any atom is 0.203 e. The van der Waals surface area contributed by atoms with Gasteiger partial charge in [0, 0.05) is 11.8 Å². The lowest BCUT2D eigenvalue weighted by Crippen LogP contribution is -1.78. The van der Waals surface area contributed by atoms with Crippen LogP contribution < -0.4 is 0 Å². The average Bonchev–Trinajstić information content (AvgIpc) is 3.07. The van der Waals surface area contributed by atoms with Crippen molar-refractivity contribution in [2.75, 3.05) is 0 Å². The number of H-pyrrole nitrogens is 2. The van der Waals surface area contributed by atoms with E-state index in [1.165, 1.54) is 0 Å². The molecule has 19 heavy (non-hydrogen) atoms. The monoisotopic (exact) mass is 252 g/mol. The summed E-state index contributed by atoms with van der Waals surface area (Å²) in [6.45, 7) is 1.96. The van der Waals surface area contributed by atoms with Crippen LogP contribution in [0.3, 0.4) is 0 Å². The second-order valence-corrected chi connectivity index (χ2v) is 4.06. The third-order valence-electron chi connectivity index (χ3n) is 2.73. The lowest BCUT2D eigenvalue weighted by Gasteiger charge is -1.99. The van der Waals surface area contributed by atoms with Crippen LogP contribution in [-0.4, -0.2) is 20.4 Å². The molecule has 3 rings (SSSR count). The first-order valence-electron chi connectivity index (χ1n) is 5.86. The minimum Gasteiger partial charge on any atom is -0.280 e. The lowest BCUT2D eigenvalue weighted by atomic mass is 10.1. The van der Waals surface area contributed by atoms with Gasteiger partial charge in [0.25, 0.3) is 0 Å². The Morgan fingerprint density at radius 1 is 1.00 bits per heavy atom. The van der Waals surface area contributed by atoms with Gasteiger partial charge in [-0.15, -0.1) is 10.2 Å². The molecule has 0 amide bonds. The van der Waals surface area contributed by atoms with Gasteiger partial charge in [0.1, 0.15) is 0 Å². The normalized spacial score (nSPS) is 11.2. The lowest BCUT2D eigenvalue weighted by molar-refractivity contribution is 1.01. The van der Waals surface area contributed by atoms with Crippen molar-refractivity contribution in [3.05, 3.63) is 48.3 Å². The molecule has 94 valence electrons. The number of azo groups is 1. The zero-order chi connectivity index (χ0) is 13.1. The largest absolute Gasteiger partial charge is 0.280 e. The molecule has 0 aliphatic heterocycles. The maximum atomic E-state index is 4.17. The van der Waals surface area contributed by atoms with Gasteiger partial charge in [-0.25, -0.2) is 0 Å². The molecular weight excluding hydrogens is 240 g/mol. The molecule has 6 nitrogen and oxygen atoms in total. The number of benzene rings is 1. The number of nitrogens with one attached hydrogen (secondary N) is 2. The zero-order valence-corrected chi connectivity index (χ0v) is 10.3. The van der Waals surface area contributed by atoms with Crippen LogP contribution in [-0.2, 0) is 0 Å². The Bertz CT molecular complexity index is 681. The molecule has 0 spiro atoms. The van der Waals surface area contributed by atoms with Crippen molar-refractivity contribution in [2.24, 2.45) is 10.2 Å². The second-order valence-electron chi connectivity index (χ2n) is 4.06. The van der Waals surface area contributed by atoms with Gasteiger partial charge in [-0.3, -0.25) is 10.2 Å². The van der Waals surface area contributed by atoms with Crippen molar-refractivity contribution in [1.29, 1.82) is 0 Å². The summed E-state index contributed by atoms with van der Waals surface area (Å²) in [5.41, 5.74) is 2.99. The number of nitrogens with zero attached hydrogens (tertiary/aromatic N) is 4. The summed E-state index contributed by atoms with van der Waals surface area (Å²) >= 11 is 0. The van der Waals surface area contributed by atoms with Crippen LogP contribution >= 0.6 is 0 Å². The smallest absolute Gasteiger partial charge is 0.203 e. The third kappa shape index (κ3) is 2.28. The van der Waals surface area contributed by atoms with E-state index >= 15 is 0 Å². The maximum absolute atomic E-state index is 4.17. The summed E-state index contributed by atoms with van der Waals surface area (Å²) in [6.07, 6.45) is 1.63. The summed E-state index contributed by atoms with van der Waals surface area (Å²) in [4.78, 5) is 0. The first kappa shape index (κ1) is 11.3. The molecule has 0 atom stereocenters. The molecule has 2 heterocycles. The van der Waals surface area contributed by atoms with Crippen LogP contribution in [0.5, 0.6) is 0 Å². The first-order valence-corrected chi connectivity index (χ1v) is 5.86. The fourth-order valence-electron chi connectivity index (χ4n) is 1.84. The molecule has 1 aromatic carbocycles. The molecule has 0 fully saturated rings. The van der Waals surface area contributed by atoms with Crippen LogP contribution in [0.4, 0.5) is 11.6 Å². The highest BCUT2D eigenvalue weighted by atomic mass is 15.3. The molecule has 2 N–H and O–H groups in total. The number of aromatic nitrogens is 4. The molecule has 2 aromatic heterocycles. The van der Waals surface area contributed by atoms with E-state index < -0.39 is 0 Å². The van der Waals surface area contributed by atoms with E-state index in [1.807, 2.05) is 37.3 Å². The quantitative estimate of drug-likeness (QED) is 0.699. The molecule has 6 heteroatoms. The summed E-state index contributed by atoms with van der Waals surface area (Å²) in [6, 6.07) is 11.7. The van der Waals surface area contributed by atoms with Gasteiger partial charge in [0.2, 0.25) is 5.82 Å². The predicted molar refractivity (Wildman–Crippen MR) is 71.5 cm³/mol. The van der Waals surface area contributed by atoms with E-state index in [1.54, 1.807) is 12.3 Å². The van der Waals surface area contributed by atoms with Gasteiger partial charge in [-0.05, 0) is 12.5 Å². The number of hydrogen-bond acceptors (Lipinski definition) is 4. The van der Waals surface area contributed by atoms with Crippen LogP contribution in [0.2, 0.25) is 0 Å². The van der Waals surface area contributed by atoms with Crippen molar-refractivity contribution in [2.45, 2.75) is 6.92 Å². The Kier molecular flexibility index (Phi) is 2.89. The summed E-state index contributed by atoms with van der Waals surface area (Å²) in [5, 5.41) is 21.9. The fourth-order valence-corrected chi connectivity index (χ4v) is 1.84. The minimum atomic E-state index is 0.568. The Labute approximate surface area is 109 Å². The Morgan fingerprint density at radius 3 is 2.58 bits per heavy atom. The molecular formula is C13H12N6. The summed E-state index contributed by atoms with van der Waals surface area (Å²) in [7, 11) is 0. The van der Waals surface area contributed by atoms with Crippen LogP contribution in [0.1, 0.15) is 5.69 Å². The average molecular weight is 252 g/mol. The highest BCUT2D eigenvalue weighted by molar-refractivity contribution is 5.75. The Morgan fingerprint density at radius 2 is 1.84 bits per heavy atom. The minimum absolute atomic E-state index is 0.568. The number of hydrogen-bond donors (Lipinski definition) is 2. The van der Waals surface area contributed by atoms with Crippen LogP contribution in [0.25, 0.3) is 11.1 Å². The molecule has 3 aromatic rings. The fraction of sp³-hybridized carbons (Fsp3) is 0.0769. The van der Waals surface area contributed by atoms with Gasteiger partial charge in [-0.1, -0.05) is 30.3 Å². The highest BCUT2D eigenvalue weighted by Gasteiger charge is 2.11. The van der Waals surface area contributed by atoms with Crippen LogP contribution in [0, 0.1) is 6.92 Å². The molecule has 0 aliphatic rings. The van der Waals surface area contributed by atoms with Crippen molar-refractivity contribution in [3.8, 4) is 11.1 Å². The summed E-state index contributed by atoms with van der Waals surface area (Å²) < 4.78 is 0. The molecule has 0 saturated heterocycles. The van der Waals surface area contributed by atoms with Gasteiger partial charge < -0.3 is 0 Å². The molecule has 0 saturated carbocycles. The number of aromatic amines is 2. The van der Waals surface area contributed by atoms with E-state index in [4.69, 9.17) is 0 Å². The Balaban J connectivity index is 2.00. The van der Waals surface area contributed by atoms with Crippen molar-refractivity contribution in [3.63, 3.8) is 0 Å². The van der Waals surface area contributed by atoms with Crippen molar-refractivity contribution in [1.82, 2.24) is 20.4 Å². The number of aryl methyl sites for hydroxylation is 1. The van der Waals surface area contributed by atoms with E-state index in [2.05, 4.69) is 30.6 Å². The Hall–Kier alpha value is -2.76. The van der Waals surface area contributed by atoms with Gasteiger partial charge in [-0.2, -0.15) is 10.2 Å². The molecule has 0 bridgehead atoms. The first-order chi connectivity index (χ1) is 9.34. The number of rotatable bonds is 3. The molecule has 0 radical (unpaired) electrons. The molecule has 0 aliphatic carbocycles. The summed E-state index contributed by atoms with van der Waals surface area (Å²) in [5.74, 6) is 1.16. The van der Waals surface area contributed by atoms with E-state index in [0.717, 1.165) is 16.8 Å².